The van der Waals surface area contributed by atoms with Crippen LogP contribution in [0, 0.1) is 5.82 Å². The number of halogens is 1. The SMILES string of the molecule is O=C(OCc1ccccc1)N1CCCNCC1Cc1ncc(F)cn1. The number of amides is 1. The van der Waals surface area contributed by atoms with Gasteiger partial charge in [-0.2, -0.15) is 0 Å². The van der Waals surface area contributed by atoms with E-state index in [0.29, 0.717) is 25.3 Å². The lowest BCUT2D eigenvalue weighted by atomic mass is 10.1. The Balaban J connectivity index is 1.64. The van der Waals surface area contributed by atoms with Gasteiger partial charge in [-0.15, -0.1) is 0 Å². The minimum absolute atomic E-state index is 0.128. The molecule has 0 saturated carbocycles. The lowest BCUT2D eigenvalue weighted by Gasteiger charge is -2.28. The summed E-state index contributed by atoms with van der Waals surface area (Å²) in [7, 11) is 0. The van der Waals surface area contributed by atoms with Crippen molar-refractivity contribution in [3.8, 4) is 0 Å². The lowest BCUT2D eigenvalue weighted by Crippen LogP contribution is -2.45. The Morgan fingerprint density at radius 3 is 2.80 bits per heavy atom. The van der Waals surface area contributed by atoms with Gasteiger partial charge < -0.3 is 15.0 Å². The largest absolute Gasteiger partial charge is 0.445 e. The molecule has 2 heterocycles. The van der Waals surface area contributed by atoms with Crippen molar-refractivity contribution in [2.45, 2.75) is 25.5 Å². The second kappa shape index (κ2) is 8.53. The maximum Gasteiger partial charge on any atom is 0.410 e. The molecule has 2 aromatic rings. The van der Waals surface area contributed by atoms with E-state index in [0.717, 1.165) is 30.9 Å². The fourth-order valence-corrected chi connectivity index (χ4v) is 2.82. The first-order chi connectivity index (χ1) is 12.2. The average molecular weight is 344 g/mol. The highest BCUT2D eigenvalue weighted by atomic mass is 19.1. The monoisotopic (exact) mass is 344 g/mol. The predicted octanol–water partition coefficient (Wildman–Crippen LogP) is 2.16. The summed E-state index contributed by atoms with van der Waals surface area (Å²) in [6.07, 6.45) is 3.24. The van der Waals surface area contributed by atoms with Crippen molar-refractivity contribution in [1.29, 1.82) is 0 Å². The minimum atomic E-state index is -0.470. The molecule has 0 spiro atoms. The van der Waals surface area contributed by atoms with Crippen molar-refractivity contribution in [3.05, 3.63) is 59.9 Å². The van der Waals surface area contributed by atoms with Crippen LogP contribution in [0.25, 0.3) is 0 Å². The molecule has 1 unspecified atom stereocenters. The first kappa shape index (κ1) is 17.3. The first-order valence-electron chi connectivity index (χ1n) is 8.37. The van der Waals surface area contributed by atoms with Crippen LogP contribution in [-0.4, -0.2) is 46.6 Å². The zero-order chi connectivity index (χ0) is 17.5. The van der Waals surface area contributed by atoms with Crippen LogP contribution >= 0.6 is 0 Å². The molecule has 25 heavy (non-hydrogen) atoms. The van der Waals surface area contributed by atoms with Crippen LogP contribution < -0.4 is 5.32 Å². The second-order valence-corrected chi connectivity index (χ2v) is 5.97. The van der Waals surface area contributed by atoms with Gasteiger partial charge in [-0.25, -0.2) is 19.2 Å². The van der Waals surface area contributed by atoms with Crippen molar-refractivity contribution in [2.75, 3.05) is 19.6 Å². The molecule has 1 aromatic carbocycles. The number of ether oxygens (including phenoxy) is 1. The van der Waals surface area contributed by atoms with Crippen LogP contribution in [-0.2, 0) is 17.8 Å². The van der Waals surface area contributed by atoms with Gasteiger partial charge in [0.15, 0.2) is 5.82 Å². The van der Waals surface area contributed by atoms with E-state index in [1.165, 1.54) is 0 Å². The van der Waals surface area contributed by atoms with E-state index in [1.807, 2.05) is 30.3 Å². The number of carbonyl (C=O) groups is 1. The molecule has 1 N–H and O–H groups in total. The molecule has 0 aliphatic carbocycles. The number of nitrogens with zero attached hydrogens (tertiary/aromatic N) is 3. The Hall–Kier alpha value is -2.54. The highest BCUT2D eigenvalue weighted by molar-refractivity contribution is 5.68. The molecule has 3 rings (SSSR count). The molecule has 1 aliphatic heterocycles. The van der Waals surface area contributed by atoms with Crippen LogP contribution in [0.5, 0.6) is 0 Å². The third kappa shape index (κ3) is 4.96. The summed E-state index contributed by atoms with van der Waals surface area (Å²) < 4.78 is 18.4. The van der Waals surface area contributed by atoms with E-state index in [2.05, 4.69) is 15.3 Å². The summed E-state index contributed by atoms with van der Waals surface area (Å²) in [6, 6.07) is 9.45. The minimum Gasteiger partial charge on any atom is -0.445 e. The Bertz CT molecular complexity index is 681. The van der Waals surface area contributed by atoms with Crippen molar-refractivity contribution in [1.82, 2.24) is 20.2 Å². The topological polar surface area (TPSA) is 67.3 Å². The molecule has 0 radical (unpaired) electrons. The molecular formula is C18H21FN4O2. The van der Waals surface area contributed by atoms with Crippen LogP contribution in [0.15, 0.2) is 42.7 Å². The molecule has 7 heteroatoms. The van der Waals surface area contributed by atoms with Gasteiger partial charge in [0, 0.05) is 19.5 Å². The third-order valence-electron chi connectivity index (χ3n) is 4.10. The smallest absolute Gasteiger partial charge is 0.410 e. The molecule has 1 aromatic heterocycles. The summed E-state index contributed by atoms with van der Waals surface area (Å²) in [5.41, 5.74) is 0.946. The van der Waals surface area contributed by atoms with E-state index in [9.17, 15) is 9.18 Å². The van der Waals surface area contributed by atoms with Crippen molar-refractivity contribution >= 4 is 6.09 Å². The van der Waals surface area contributed by atoms with Crippen LogP contribution in [0.2, 0.25) is 0 Å². The molecule has 1 aliphatic rings. The van der Waals surface area contributed by atoms with E-state index in [1.54, 1.807) is 4.90 Å². The molecule has 1 saturated heterocycles. The summed E-state index contributed by atoms with van der Waals surface area (Å²) in [6.45, 7) is 2.31. The molecule has 0 bridgehead atoms. The van der Waals surface area contributed by atoms with E-state index >= 15 is 0 Å². The fourth-order valence-electron chi connectivity index (χ4n) is 2.82. The number of benzene rings is 1. The first-order valence-corrected chi connectivity index (χ1v) is 8.37. The molecular weight excluding hydrogens is 323 g/mol. The molecule has 132 valence electrons. The Morgan fingerprint density at radius 2 is 2.04 bits per heavy atom. The predicted molar refractivity (Wildman–Crippen MR) is 90.3 cm³/mol. The van der Waals surface area contributed by atoms with Crippen molar-refractivity contribution < 1.29 is 13.9 Å². The van der Waals surface area contributed by atoms with Crippen molar-refractivity contribution in [3.63, 3.8) is 0 Å². The number of aromatic nitrogens is 2. The summed E-state index contributed by atoms with van der Waals surface area (Å²) in [5.74, 6) is 0.0397. The Morgan fingerprint density at radius 1 is 1.28 bits per heavy atom. The zero-order valence-corrected chi connectivity index (χ0v) is 13.9. The lowest BCUT2D eigenvalue weighted by molar-refractivity contribution is 0.0828. The number of rotatable bonds is 4. The van der Waals surface area contributed by atoms with Gasteiger partial charge in [-0.3, -0.25) is 0 Å². The van der Waals surface area contributed by atoms with Gasteiger partial charge in [0.25, 0.3) is 0 Å². The van der Waals surface area contributed by atoms with Gasteiger partial charge in [0.1, 0.15) is 12.4 Å². The van der Waals surface area contributed by atoms with Gasteiger partial charge in [0.05, 0.1) is 18.4 Å². The molecule has 1 fully saturated rings. The summed E-state index contributed by atoms with van der Waals surface area (Å²) >= 11 is 0. The fraction of sp³-hybridized carbons (Fsp3) is 0.389. The molecule has 1 amide bonds. The Labute approximate surface area is 146 Å². The third-order valence-corrected chi connectivity index (χ3v) is 4.10. The van der Waals surface area contributed by atoms with Gasteiger partial charge in [-0.05, 0) is 18.5 Å². The summed E-state index contributed by atoms with van der Waals surface area (Å²) in [4.78, 5) is 22.3. The van der Waals surface area contributed by atoms with E-state index in [-0.39, 0.29) is 18.7 Å². The van der Waals surface area contributed by atoms with Gasteiger partial charge in [0.2, 0.25) is 0 Å². The number of hydrogen-bond donors (Lipinski definition) is 1. The zero-order valence-electron chi connectivity index (χ0n) is 13.9. The Kier molecular flexibility index (Phi) is 5.90. The normalized spacial score (nSPS) is 17.8. The second-order valence-electron chi connectivity index (χ2n) is 5.97. The van der Waals surface area contributed by atoms with Crippen LogP contribution in [0.1, 0.15) is 17.8 Å². The van der Waals surface area contributed by atoms with Gasteiger partial charge >= 0.3 is 6.09 Å². The van der Waals surface area contributed by atoms with Crippen molar-refractivity contribution in [2.24, 2.45) is 0 Å². The van der Waals surface area contributed by atoms with Gasteiger partial charge in [-0.1, -0.05) is 30.3 Å². The number of nitrogens with one attached hydrogen (secondary N) is 1. The van der Waals surface area contributed by atoms with E-state index < -0.39 is 5.82 Å². The van der Waals surface area contributed by atoms with Crippen LogP contribution in [0.4, 0.5) is 9.18 Å². The number of hydrogen-bond acceptors (Lipinski definition) is 5. The maximum atomic E-state index is 13.0. The molecule has 6 nitrogen and oxygen atoms in total. The average Bonchev–Trinajstić information content (AvgIpc) is 2.88. The highest BCUT2D eigenvalue weighted by Crippen LogP contribution is 2.12. The summed E-state index contributed by atoms with van der Waals surface area (Å²) in [5, 5.41) is 3.31. The number of carbonyl (C=O) groups excluding carboxylic acids is 1. The van der Waals surface area contributed by atoms with Crippen LogP contribution in [0.3, 0.4) is 0 Å². The molecule has 1 atom stereocenters. The highest BCUT2D eigenvalue weighted by Gasteiger charge is 2.27. The maximum absolute atomic E-state index is 13.0. The quantitative estimate of drug-likeness (QED) is 0.921. The standard InChI is InChI=1S/C18H21FN4O2/c19-15-10-21-17(22-11-15)9-16-12-20-7-4-8-23(16)18(24)25-13-14-5-2-1-3-6-14/h1-3,5-6,10-11,16,20H,4,7-9,12-13H2. The van der Waals surface area contributed by atoms with E-state index in [4.69, 9.17) is 4.74 Å².